The van der Waals surface area contributed by atoms with Crippen LogP contribution in [0.3, 0.4) is 0 Å². The van der Waals surface area contributed by atoms with Gasteiger partial charge in [-0.15, -0.1) is 0 Å². The molecule has 0 fully saturated rings. The maximum atomic E-state index is 12.4. The molecule has 1 amide bonds. The Morgan fingerprint density at radius 3 is 2.31 bits per heavy atom. The summed E-state index contributed by atoms with van der Waals surface area (Å²) in [5.41, 5.74) is 2.05. The number of carbonyl (C=O) groups excluding carboxylic acids is 1. The fraction of sp³-hybridized carbons (Fsp3) is 0.143. The Bertz CT molecular complexity index is 1150. The van der Waals surface area contributed by atoms with Crippen molar-refractivity contribution in [3.05, 3.63) is 98.2 Å². The van der Waals surface area contributed by atoms with Gasteiger partial charge in [0, 0.05) is 5.56 Å². The van der Waals surface area contributed by atoms with E-state index in [1.165, 1.54) is 0 Å². The molecule has 0 aliphatic heterocycles. The van der Waals surface area contributed by atoms with Crippen molar-refractivity contribution in [3.63, 3.8) is 0 Å². The molecular formula is C21H20N4O4. The molecule has 8 heteroatoms. The minimum atomic E-state index is -0.772. The monoisotopic (exact) mass is 392 g/mol. The van der Waals surface area contributed by atoms with Crippen LogP contribution >= 0.6 is 0 Å². The van der Waals surface area contributed by atoms with Gasteiger partial charge in [0.15, 0.2) is 0 Å². The van der Waals surface area contributed by atoms with Crippen LogP contribution in [-0.4, -0.2) is 26.3 Å². The summed E-state index contributed by atoms with van der Waals surface area (Å²) in [4.78, 5) is 39.0. The van der Waals surface area contributed by atoms with Crippen LogP contribution in [0.15, 0.2) is 75.4 Å². The van der Waals surface area contributed by atoms with Crippen LogP contribution in [0, 0.1) is 0 Å². The first-order valence-corrected chi connectivity index (χ1v) is 9.03. The second-order valence-corrected chi connectivity index (χ2v) is 6.25. The molecule has 3 rings (SSSR count). The lowest BCUT2D eigenvalue weighted by molar-refractivity contribution is 0.0954. The summed E-state index contributed by atoms with van der Waals surface area (Å²) in [6.07, 6.45) is 0.245. The molecule has 8 nitrogen and oxygen atoms in total. The second-order valence-electron chi connectivity index (χ2n) is 6.25. The molecule has 1 heterocycles. The number of hydrogen-bond donors (Lipinski definition) is 3. The van der Waals surface area contributed by atoms with Gasteiger partial charge in [0.2, 0.25) is 5.88 Å². The number of hydrogen-bond acceptors (Lipinski definition) is 5. The number of H-pyrrole nitrogens is 1. The lowest BCUT2D eigenvalue weighted by Crippen LogP contribution is -2.34. The number of aromatic amines is 1. The highest BCUT2D eigenvalue weighted by molar-refractivity contribution is 6.03. The first-order valence-electron chi connectivity index (χ1n) is 9.03. The summed E-state index contributed by atoms with van der Waals surface area (Å²) in [6.45, 7) is 1.79. The normalized spacial score (nSPS) is 11.3. The van der Waals surface area contributed by atoms with Crippen LogP contribution < -0.4 is 16.7 Å². The van der Waals surface area contributed by atoms with Gasteiger partial charge < -0.3 is 5.11 Å². The average molecular weight is 392 g/mol. The van der Waals surface area contributed by atoms with E-state index >= 15 is 0 Å². The van der Waals surface area contributed by atoms with Crippen molar-refractivity contribution in [2.24, 2.45) is 5.10 Å². The van der Waals surface area contributed by atoms with Gasteiger partial charge in [0.25, 0.3) is 11.5 Å². The third-order valence-corrected chi connectivity index (χ3v) is 4.31. The standard InChI is InChI=1S/C21H20N4O4/c1-2-16(23-24-18(26)15-11-7-4-8-12-15)17-19(27)22-21(29)25(20(17)28)13-14-9-5-3-6-10-14/h3-12,28H,2,13H2,1H3,(H,24,26)(H,22,27,29). The quantitative estimate of drug-likeness (QED) is 0.438. The SMILES string of the molecule is CCC(=NNC(=O)c1ccccc1)c1c(O)n(Cc2ccccc2)c(=O)[nH]c1=O. The molecule has 0 saturated heterocycles. The summed E-state index contributed by atoms with van der Waals surface area (Å²) in [5, 5.41) is 14.7. The number of aromatic nitrogens is 2. The highest BCUT2D eigenvalue weighted by atomic mass is 16.3. The number of nitrogens with one attached hydrogen (secondary N) is 2. The van der Waals surface area contributed by atoms with E-state index in [2.05, 4.69) is 15.5 Å². The van der Waals surface area contributed by atoms with Gasteiger partial charge >= 0.3 is 5.69 Å². The lowest BCUT2D eigenvalue weighted by Gasteiger charge is -2.12. The summed E-state index contributed by atoms with van der Waals surface area (Å²) < 4.78 is 1.05. The minimum Gasteiger partial charge on any atom is -0.494 e. The molecule has 0 atom stereocenters. The topological polar surface area (TPSA) is 117 Å². The molecule has 3 N–H and O–H groups in total. The molecular weight excluding hydrogens is 372 g/mol. The van der Waals surface area contributed by atoms with Crippen molar-refractivity contribution >= 4 is 11.6 Å². The van der Waals surface area contributed by atoms with Crippen molar-refractivity contribution in [3.8, 4) is 5.88 Å². The van der Waals surface area contributed by atoms with Gasteiger partial charge in [0.05, 0.1) is 12.3 Å². The smallest absolute Gasteiger partial charge is 0.331 e. The molecule has 3 aromatic rings. The molecule has 0 aliphatic rings. The summed E-state index contributed by atoms with van der Waals surface area (Å²) in [6, 6.07) is 17.5. The molecule has 0 saturated carbocycles. The van der Waals surface area contributed by atoms with E-state index < -0.39 is 23.0 Å². The molecule has 0 aliphatic carbocycles. The Hall–Kier alpha value is -3.94. The van der Waals surface area contributed by atoms with Crippen LogP contribution in [-0.2, 0) is 6.54 Å². The first kappa shape index (κ1) is 19.8. The average Bonchev–Trinajstić information content (AvgIpc) is 2.74. The molecule has 0 bridgehead atoms. The Balaban J connectivity index is 1.97. The first-order chi connectivity index (χ1) is 14.0. The minimum absolute atomic E-state index is 0.0721. The fourth-order valence-electron chi connectivity index (χ4n) is 2.82. The number of hydrazone groups is 1. The van der Waals surface area contributed by atoms with Crippen molar-refractivity contribution < 1.29 is 9.90 Å². The van der Waals surface area contributed by atoms with Crippen LogP contribution in [0.1, 0.15) is 34.8 Å². The Labute approximate surface area is 166 Å². The van der Waals surface area contributed by atoms with Crippen LogP contribution in [0.25, 0.3) is 0 Å². The van der Waals surface area contributed by atoms with Crippen LogP contribution in [0.4, 0.5) is 0 Å². The van der Waals surface area contributed by atoms with E-state index in [1.807, 2.05) is 18.2 Å². The highest BCUT2D eigenvalue weighted by Crippen LogP contribution is 2.15. The maximum absolute atomic E-state index is 12.4. The number of carbonyl (C=O) groups is 1. The van der Waals surface area contributed by atoms with Gasteiger partial charge in [-0.3, -0.25) is 19.1 Å². The zero-order valence-corrected chi connectivity index (χ0v) is 15.8. The van der Waals surface area contributed by atoms with E-state index in [4.69, 9.17) is 0 Å². The van der Waals surface area contributed by atoms with Gasteiger partial charge in [0.1, 0.15) is 5.56 Å². The summed E-state index contributed by atoms with van der Waals surface area (Å²) in [7, 11) is 0. The predicted molar refractivity (Wildman–Crippen MR) is 109 cm³/mol. The van der Waals surface area contributed by atoms with E-state index in [0.29, 0.717) is 5.56 Å². The third kappa shape index (κ3) is 4.49. The molecule has 148 valence electrons. The van der Waals surface area contributed by atoms with Crippen LogP contribution in [0.2, 0.25) is 0 Å². The summed E-state index contributed by atoms with van der Waals surface area (Å²) >= 11 is 0. The number of nitrogens with zero attached hydrogens (tertiary/aromatic N) is 2. The number of amides is 1. The Morgan fingerprint density at radius 2 is 1.69 bits per heavy atom. The molecule has 0 unspecified atom stereocenters. The van der Waals surface area contributed by atoms with E-state index in [1.54, 1.807) is 49.4 Å². The van der Waals surface area contributed by atoms with Crippen molar-refractivity contribution in [2.45, 2.75) is 19.9 Å². The van der Waals surface area contributed by atoms with E-state index in [9.17, 15) is 19.5 Å². The largest absolute Gasteiger partial charge is 0.494 e. The van der Waals surface area contributed by atoms with Gasteiger partial charge in [-0.05, 0) is 24.1 Å². The van der Waals surface area contributed by atoms with Crippen molar-refractivity contribution in [1.29, 1.82) is 0 Å². The lowest BCUT2D eigenvalue weighted by atomic mass is 10.1. The molecule has 2 aromatic carbocycles. The van der Waals surface area contributed by atoms with Gasteiger partial charge in [-0.1, -0.05) is 55.5 Å². The summed E-state index contributed by atoms with van der Waals surface area (Å²) in [5.74, 6) is -0.956. The van der Waals surface area contributed by atoms with E-state index in [-0.39, 0.29) is 24.2 Å². The number of benzene rings is 2. The zero-order chi connectivity index (χ0) is 20.8. The zero-order valence-electron chi connectivity index (χ0n) is 15.8. The number of rotatable bonds is 6. The van der Waals surface area contributed by atoms with Gasteiger partial charge in [-0.2, -0.15) is 5.10 Å². The molecule has 0 spiro atoms. The van der Waals surface area contributed by atoms with Crippen LogP contribution in [0.5, 0.6) is 5.88 Å². The predicted octanol–water partition coefficient (Wildman–Crippen LogP) is 1.83. The maximum Gasteiger partial charge on any atom is 0.331 e. The van der Waals surface area contributed by atoms with Gasteiger partial charge in [-0.25, -0.2) is 10.2 Å². The van der Waals surface area contributed by atoms with E-state index in [0.717, 1.165) is 10.1 Å². The Kier molecular flexibility index (Phi) is 6.03. The number of aromatic hydroxyl groups is 1. The molecule has 1 aromatic heterocycles. The van der Waals surface area contributed by atoms with Crippen molar-refractivity contribution in [1.82, 2.24) is 15.0 Å². The second kappa shape index (κ2) is 8.83. The van der Waals surface area contributed by atoms with Crippen molar-refractivity contribution in [2.75, 3.05) is 0 Å². The molecule has 0 radical (unpaired) electrons. The fourth-order valence-corrected chi connectivity index (χ4v) is 2.82. The third-order valence-electron chi connectivity index (χ3n) is 4.31. The molecule has 29 heavy (non-hydrogen) atoms. The highest BCUT2D eigenvalue weighted by Gasteiger charge is 2.19. The Morgan fingerprint density at radius 1 is 1.07 bits per heavy atom.